The third kappa shape index (κ3) is 5.13. The van der Waals surface area contributed by atoms with Crippen molar-refractivity contribution in [2.75, 3.05) is 33.8 Å². The lowest BCUT2D eigenvalue weighted by Crippen LogP contribution is -2.50. The van der Waals surface area contributed by atoms with Crippen LogP contribution >= 0.6 is 11.3 Å². The predicted octanol–water partition coefficient (Wildman–Crippen LogP) is 2.25. The van der Waals surface area contributed by atoms with Gasteiger partial charge in [0.2, 0.25) is 0 Å². The predicted molar refractivity (Wildman–Crippen MR) is 94.2 cm³/mol. The van der Waals surface area contributed by atoms with E-state index in [4.69, 9.17) is 4.74 Å². The summed E-state index contributed by atoms with van der Waals surface area (Å²) in [5, 5.41) is 8.94. The summed E-state index contributed by atoms with van der Waals surface area (Å²) in [6, 6.07) is 4.58. The third-order valence-electron chi connectivity index (χ3n) is 4.10. The molecule has 2 rings (SSSR count). The van der Waals surface area contributed by atoms with Crippen molar-refractivity contribution in [2.45, 2.75) is 31.7 Å². The Morgan fingerprint density at radius 3 is 2.83 bits per heavy atom. The summed E-state index contributed by atoms with van der Waals surface area (Å²) in [5.74, 6) is 1.28. The second kappa shape index (κ2) is 8.76. The molecule has 0 bridgehead atoms. The molecule has 7 heteroatoms. The van der Waals surface area contributed by atoms with Crippen molar-refractivity contribution in [3.05, 3.63) is 22.4 Å². The lowest BCUT2D eigenvalue weighted by molar-refractivity contribution is 0.111. The number of hydrogen-bond donors (Lipinski definition) is 2. The Bertz CT molecular complexity index is 510. The van der Waals surface area contributed by atoms with Crippen LogP contribution in [0.1, 0.15) is 30.6 Å². The third-order valence-corrected chi connectivity index (χ3v) is 5.20. The molecule has 0 aromatic carbocycles. The van der Waals surface area contributed by atoms with Gasteiger partial charge in [-0.05, 0) is 24.3 Å². The molecule has 1 amide bonds. The number of carbonyl (C=O) groups excluding carboxylic acids is 1. The molecule has 6 nitrogen and oxygen atoms in total. The molecule has 128 valence electrons. The van der Waals surface area contributed by atoms with E-state index in [1.165, 1.54) is 12.0 Å². The fourth-order valence-corrected chi connectivity index (χ4v) is 3.43. The number of carbonyl (C=O) groups is 1. The fraction of sp³-hybridized carbons (Fsp3) is 0.625. The highest BCUT2D eigenvalue weighted by atomic mass is 32.1. The van der Waals surface area contributed by atoms with Crippen LogP contribution in [0.3, 0.4) is 0 Å². The molecule has 1 fully saturated rings. The monoisotopic (exact) mass is 338 g/mol. The maximum atomic E-state index is 11.5. The van der Waals surface area contributed by atoms with E-state index in [2.05, 4.69) is 40.1 Å². The van der Waals surface area contributed by atoms with Crippen molar-refractivity contribution in [1.82, 2.24) is 15.5 Å². The zero-order valence-electron chi connectivity index (χ0n) is 14.0. The van der Waals surface area contributed by atoms with E-state index in [1.807, 2.05) is 0 Å². The average molecular weight is 338 g/mol. The number of aliphatic imine (C=N–C) groups is 1. The van der Waals surface area contributed by atoms with Gasteiger partial charge in [0, 0.05) is 43.5 Å². The number of ether oxygens (including phenoxy) is 1. The molecular weight excluding hydrogens is 312 g/mol. The Morgan fingerprint density at radius 1 is 1.52 bits per heavy atom. The molecule has 23 heavy (non-hydrogen) atoms. The second-order valence-corrected chi connectivity index (χ2v) is 6.72. The summed E-state index contributed by atoms with van der Waals surface area (Å²) in [4.78, 5) is 18.9. The Kier molecular flexibility index (Phi) is 6.70. The summed E-state index contributed by atoms with van der Waals surface area (Å²) in [7, 11) is 3.21. The summed E-state index contributed by atoms with van der Waals surface area (Å²) < 4.78 is 4.76. The number of nitrogens with one attached hydrogen (secondary N) is 2. The van der Waals surface area contributed by atoms with Crippen molar-refractivity contribution < 1.29 is 9.53 Å². The van der Waals surface area contributed by atoms with Crippen molar-refractivity contribution in [3.8, 4) is 0 Å². The quantitative estimate of drug-likeness (QED) is 0.653. The maximum Gasteiger partial charge on any atom is 0.409 e. The van der Waals surface area contributed by atoms with E-state index >= 15 is 0 Å². The van der Waals surface area contributed by atoms with Gasteiger partial charge < -0.3 is 20.3 Å². The number of likely N-dealkylation sites (tertiary alicyclic amines) is 1. The average Bonchev–Trinajstić information content (AvgIpc) is 3.12. The van der Waals surface area contributed by atoms with Crippen molar-refractivity contribution >= 4 is 23.4 Å². The van der Waals surface area contributed by atoms with Crippen LogP contribution < -0.4 is 10.6 Å². The molecule has 0 saturated carbocycles. The highest BCUT2D eigenvalue weighted by Crippen LogP contribution is 2.19. The first-order chi connectivity index (χ1) is 11.1. The first-order valence-corrected chi connectivity index (χ1v) is 8.85. The van der Waals surface area contributed by atoms with Crippen molar-refractivity contribution in [2.24, 2.45) is 4.99 Å². The van der Waals surface area contributed by atoms with Gasteiger partial charge in [-0.2, -0.15) is 0 Å². The number of rotatable bonds is 4. The molecule has 0 spiro atoms. The van der Waals surface area contributed by atoms with E-state index in [0.717, 1.165) is 25.3 Å². The van der Waals surface area contributed by atoms with Crippen LogP contribution in [0, 0.1) is 0 Å². The standard InChI is InChI=1S/C16H26N4O2S/c1-12(14-5-4-10-23-14)11-18-15(17-2)19-13-6-8-20(9-7-13)16(21)22-3/h4-5,10,12-13H,6-9,11H2,1-3H3,(H2,17,18,19). The highest BCUT2D eigenvalue weighted by Gasteiger charge is 2.23. The molecule has 1 aliphatic heterocycles. The second-order valence-electron chi connectivity index (χ2n) is 5.75. The highest BCUT2D eigenvalue weighted by molar-refractivity contribution is 7.10. The normalized spacial score (nSPS) is 17.7. The number of amides is 1. The van der Waals surface area contributed by atoms with Crippen LogP contribution in [0.25, 0.3) is 0 Å². The smallest absolute Gasteiger partial charge is 0.409 e. The van der Waals surface area contributed by atoms with Gasteiger partial charge in [0.05, 0.1) is 7.11 Å². The zero-order chi connectivity index (χ0) is 16.7. The van der Waals surface area contributed by atoms with Gasteiger partial charge in [-0.25, -0.2) is 4.79 Å². The van der Waals surface area contributed by atoms with Crippen LogP contribution in [-0.2, 0) is 4.74 Å². The molecule has 2 heterocycles. The number of nitrogens with zero attached hydrogens (tertiary/aromatic N) is 2. The summed E-state index contributed by atoms with van der Waals surface area (Å²) >= 11 is 1.78. The van der Waals surface area contributed by atoms with E-state index in [0.29, 0.717) is 25.0 Å². The minimum atomic E-state index is -0.240. The van der Waals surface area contributed by atoms with Gasteiger partial charge in [0.25, 0.3) is 0 Å². The van der Waals surface area contributed by atoms with Gasteiger partial charge in [0.15, 0.2) is 5.96 Å². The first-order valence-electron chi connectivity index (χ1n) is 7.97. The zero-order valence-corrected chi connectivity index (χ0v) is 14.9. The number of methoxy groups -OCH3 is 1. The van der Waals surface area contributed by atoms with E-state index < -0.39 is 0 Å². The summed E-state index contributed by atoms with van der Waals surface area (Å²) in [6.07, 6.45) is 1.56. The number of guanidine groups is 1. The minimum Gasteiger partial charge on any atom is -0.453 e. The van der Waals surface area contributed by atoms with Crippen LogP contribution in [0.2, 0.25) is 0 Å². The topological polar surface area (TPSA) is 66.0 Å². The lowest BCUT2D eigenvalue weighted by Gasteiger charge is -2.32. The first kappa shape index (κ1) is 17.6. The molecule has 1 unspecified atom stereocenters. The van der Waals surface area contributed by atoms with E-state index in [9.17, 15) is 4.79 Å². The molecular formula is C16H26N4O2S. The van der Waals surface area contributed by atoms with Crippen LogP contribution in [0.4, 0.5) is 4.79 Å². The van der Waals surface area contributed by atoms with E-state index in [-0.39, 0.29) is 6.09 Å². The molecule has 1 aromatic heterocycles. The van der Waals surface area contributed by atoms with Crippen LogP contribution in [0.5, 0.6) is 0 Å². The molecule has 0 radical (unpaired) electrons. The SMILES string of the molecule is CN=C(NCC(C)c1cccs1)NC1CCN(C(=O)OC)CC1. The molecule has 2 N–H and O–H groups in total. The lowest BCUT2D eigenvalue weighted by atomic mass is 10.1. The van der Waals surface area contributed by atoms with Gasteiger partial charge in [-0.15, -0.1) is 11.3 Å². The van der Waals surface area contributed by atoms with Gasteiger partial charge in [0.1, 0.15) is 0 Å². The van der Waals surface area contributed by atoms with Crippen LogP contribution in [0.15, 0.2) is 22.5 Å². The van der Waals surface area contributed by atoms with Gasteiger partial charge >= 0.3 is 6.09 Å². The number of piperidine rings is 1. The maximum absolute atomic E-state index is 11.5. The fourth-order valence-electron chi connectivity index (χ4n) is 2.65. The summed E-state index contributed by atoms with van der Waals surface area (Å²) in [6.45, 7) is 4.49. The van der Waals surface area contributed by atoms with Crippen LogP contribution in [-0.4, -0.2) is 56.8 Å². The van der Waals surface area contributed by atoms with Crippen molar-refractivity contribution in [1.29, 1.82) is 0 Å². The molecule has 1 aromatic rings. The minimum absolute atomic E-state index is 0.240. The Labute approximate surface area is 141 Å². The Balaban J connectivity index is 1.74. The Morgan fingerprint density at radius 2 is 2.26 bits per heavy atom. The molecule has 1 atom stereocenters. The molecule has 0 aliphatic carbocycles. The van der Waals surface area contributed by atoms with E-state index in [1.54, 1.807) is 23.3 Å². The largest absolute Gasteiger partial charge is 0.453 e. The summed E-state index contributed by atoms with van der Waals surface area (Å²) in [5.41, 5.74) is 0. The molecule has 1 aliphatic rings. The Hall–Kier alpha value is -1.76. The molecule has 1 saturated heterocycles. The number of thiophene rings is 1. The van der Waals surface area contributed by atoms with Crippen molar-refractivity contribution in [3.63, 3.8) is 0 Å². The van der Waals surface area contributed by atoms with Gasteiger partial charge in [-0.3, -0.25) is 4.99 Å². The van der Waals surface area contributed by atoms with Gasteiger partial charge in [-0.1, -0.05) is 13.0 Å². The number of hydrogen-bond acceptors (Lipinski definition) is 4.